The first kappa shape index (κ1) is 22.0. The molecule has 0 saturated carbocycles. The highest BCUT2D eigenvalue weighted by Gasteiger charge is 2.14. The third kappa shape index (κ3) is 5.59. The molecular weight excluding hydrogens is 444 g/mol. The molecule has 9 nitrogen and oxygen atoms in total. The van der Waals surface area contributed by atoms with E-state index in [1.165, 1.54) is 5.56 Å². The number of benzene rings is 3. The molecule has 35 heavy (non-hydrogen) atoms. The summed E-state index contributed by atoms with van der Waals surface area (Å²) in [6.07, 6.45) is 0. The van der Waals surface area contributed by atoms with Crippen molar-refractivity contribution in [3.63, 3.8) is 0 Å². The molecule has 0 atom stereocenters. The van der Waals surface area contributed by atoms with Crippen molar-refractivity contribution in [1.29, 1.82) is 0 Å². The zero-order valence-corrected chi connectivity index (χ0v) is 19.3. The maximum Gasteiger partial charge on any atom is 0.323 e. The van der Waals surface area contributed by atoms with Gasteiger partial charge in [0, 0.05) is 40.6 Å². The molecule has 2 heterocycles. The molecule has 4 N–H and O–H groups in total. The molecule has 3 aromatic carbocycles. The highest BCUT2D eigenvalue weighted by atomic mass is 16.7. The summed E-state index contributed by atoms with van der Waals surface area (Å²) in [6.45, 7) is 4.15. The molecule has 9 heteroatoms. The minimum absolute atomic E-state index is 0.184. The van der Waals surface area contributed by atoms with Crippen LogP contribution in [0.15, 0.2) is 72.8 Å². The van der Waals surface area contributed by atoms with Gasteiger partial charge in [-0.2, -0.15) is 4.98 Å². The Hall–Kier alpha value is -4.79. The van der Waals surface area contributed by atoms with Crippen molar-refractivity contribution in [3.05, 3.63) is 84.1 Å². The second-order valence-corrected chi connectivity index (χ2v) is 8.06. The molecule has 0 radical (unpaired) electrons. The van der Waals surface area contributed by atoms with E-state index in [-0.39, 0.29) is 12.8 Å². The Morgan fingerprint density at radius 1 is 0.714 bits per heavy atom. The van der Waals surface area contributed by atoms with E-state index < -0.39 is 0 Å². The first-order valence-electron chi connectivity index (χ1n) is 11.0. The molecule has 0 spiro atoms. The standard InChI is InChI=1S/C26H24N6O3/c1-16-3-5-18(6-4-16)28-24-13-17(2)27-25(32-24)29-19-7-9-20(10-8-19)30-26(33)31-21-11-12-22-23(14-21)35-15-34-22/h3-14H,15H2,1-2H3,(H2,30,31,33)(H2,27,28,29,32). The monoisotopic (exact) mass is 468 g/mol. The van der Waals surface area contributed by atoms with Gasteiger partial charge < -0.3 is 30.7 Å². The number of anilines is 6. The lowest BCUT2D eigenvalue weighted by atomic mass is 10.2. The molecule has 5 rings (SSSR count). The Morgan fingerprint density at radius 2 is 1.34 bits per heavy atom. The number of fused-ring (bicyclic) bond motifs is 1. The lowest BCUT2D eigenvalue weighted by molar-refractivity contribution is 0.174. The fourth-order valence-corrected chi connectivity index (χ4v) is 3.51. The SMILES string of the molecule is Cc1ccc(Nc2cc(C)nc(Nc3ccc(NC(=O)Nc4ccc5c(c4)OCO5)cc3)n2)cc1. The molecule has 0 saturated heterocycles. The molecule has 0 fully saturated rings. The summed E-state index contributed by atoms with van der Waals surface area (Å²) in [4.78, 5) is 21.4. The largest absolute Gasteiger partial charge is 0.454 e. The molecule has 0 unspecified atom stereocenters. The van der Waals surface area contributed by atoms with E-state index in [1.54, 1.807) is 30.3 Å². The zero-order valence-electron chi connectivity index (χ0n) is 19.3. The van der Waals surface area contributed by atoms with Crippen molar-refractivity contribution >= 4 is 40.5 Å². The molecule has 2 amide bonds. The molecule has 1 aromatic heterocycles. The number of ether oxygens (including phenoxy) is 2. The van der Waals surface area contributed by atoms with Crippen molar-refractivity contribution in [3.8, 4) is 11.5 Å². The van der Waals surface area contributed by atoms with Crippen LogP contribution in [0.4, 0.5) is 39.3 Å². The molecule has 0 aliphatic carbocycles. The Balaban J connectivity index is 1.20. The van der Waals surface area contributed by atoms with Crippen molar-refractivity contribution < 1.29 is 14.3 Å². The Morgan fingerprint density at radius 3 is 2.14 bits per heavy atom. The first-order chi connectivity index (χ1) is 17.0. The molecule has 1 aliphatic heterocycles. The van der Waals surface area contributed by atoms with Crippen molar-refractivity contribution in [2.75, 3.05) is 28.1 Å². The van der Waals surface area contributed by atoms with E-state index in [4.69, 9.17) is 9.47 Å². The number of nitrogens with zero attached hydrogens (tertiary/aromatic N) is 2. The van der Waals surface area contributed by atoms with Gasteiger partial charge in [-0.05, 0) is 62.4 Å². The summed E-state index contributed by atoms with van der Waals surface area (Å²) in [7, 11) is 0. The summed E-state index contributed by atoms with van der Waals surface area (Å²) < 4.78 is 10.6. The minimum Gasteiger partial charge on any atom is -0.454 e. The maximum absolute atomic E-state index is 12.4. The molecule has 176 valence electrons. The van der Waals surface area contributed by atoms with Gasteiger partial charge in [0.2, 0.25) is 12.7 Å². The van der Waals surface area contributed by atoms with E-state index in [9.17, 15) is 4.79 Å². The number of aromatic nitrogens is 2. The number of nitrogens with one attached hydrogen (secondary N) is 4. The number of rotatable bonds is 6. The van der Waals surface area contributed by atoms with Crippen molar-refractivity contribution in [2.24, 2.45) is 0 Å². The number of aryl methyl sites for hydroxylation is 2. The van der Waals surface area contributed by atoms with Crippen LogP contribution < -0.4 is 30.7 Å². The van der Waals surface area contributed by atoms with Crippen LogP contribution in [0.2, 0.25) is 0 Å². The lowest BCUT2D eigenvalue weighted by Crippen LogP contribution is -2.19. The van der Waals surface area contributed by atoms with E-state index in [2.05, 4.69) is 31.2 Å². The molecule has 1 aliphatic rings. The van der Waals surface area contributed by atoms with E-state index in [1.807, 2.05) is 56.3 Å². The number of hydrogen-bond acceptors (Lipinski definition) is 7. The van der Waals surface area contributed by atoms with Gasteiger partial charge in [0.25, 0.3) is 0 Å². The van der Waals surface area contributed by atoms with E-state index in [0.717, 1.165) is 17.1 Å². The third-order valence-electron chi connectivity index (χ3n) is 5.21. The third-order valence-corrected chi connectivity index (χ3v) is 5.21. The van der Waals surface area contributed by atoms with Crippen LogP contribution in [0.5, 0.6) is 11.5 Å². The van der Waals surface area contributed by atoms with Gasteiger partial charge in [0.05, 0.1) is 0 Å². The Kier molecular flexibility index (Phi) is 6.04. The van der Waals surface area contributed by atoms with Gasteiger partial charge >= 0.3 is 6.03 Å². The van der Waals surface area contributed by atoms with Crippen LogP contribution in [0, 0.1) is 13.8 Å². The predicted molar refractivity (Wildman–Crippen MR) is 136 cm³/mol. The summed E-state index contributed by atoms with van der Waals surface area (Å²) in [6, 6.07) is 22.1. The lowest BCUT2D eigenvalue weighted by Gasteiger charge is -2.11. The number of amides is 2. The van der Waals surface area contributed by atoms with Gasteiger partial charge in [-0.15, -0.1) is 0 Å². The van der Waals surface area contributed by atoms with Crippen LogP contribution in [0.1, 0.15) is 11.3 Å². The fraction of sp³-hybridized carbons (Fsp3) is 0.115. The molecular formula is C26H24N6O3. The summed E-state index contributed by atoms with van der Waals surface area (Å²) in [5.41, 5.74) is 5.01. The molecule has 0 bridgehead atoms. The molecule has 4 aromatic rings. The Labute approximate surface area is 202 Å². The summed E-state index contributed by atoms with van der Waals surface area (Å²) in [5, 5.41) is 12.1. The highest BCUT2D eigenvalue weighted by Crippen LogP contribution is 2.34. The summed E-state index contributed by atoms with van der Waals surface area (Å²) in [5.74, 6) is 2.44. The van der Waals surface area contributed by atoms with Gasteiger partial charge in [-0.3, -0.25) is 0 Å². The van der Waals surface area contributed by atoms with Crippen molar-refractivity contribution in [2.45, 2.75) is 13.8 Å². The number of carbonyl (C=O) groups excluding carboxylic acids is 1. The van der Waals surface area contributed by atoms with Gasteiger partial charge in [-0.1, -0.05) is 17.7 Å². The van der Waals surface area contributed by atoms with Crippen LogP contribution in [0.25, 0.3) is 0 Å². The van der Waals surface area contributed by atoms with Gasteiger partial charge in [0.1, 0.15) is 5.82 Å². The second kappa shape index (κ2) is 9.60. The highest BCUT2D eigenvalue weighted by molar-refractivity contribution is 6.00. The number of urea groups is 1. The zero-order chi connectivity index (χ0) is 24.2. The summed E-state index contributed by atoms with van der Waals surface area (Å²) >= 11 is 0. The normalized spacial score (nSPS) is 11.6. The van der Waals surface area contributed by atoms with Crippen LogP contribution in [0.3, 0.4) is 0 Å². The number of carbonyl (C=O) groups is 1. The van der Waals surface area contributed by atoms with E-state index >= 15 is 0 Å². The first-order valence-corrected chi connectivity index (χ1v) is 11.0. The smallest absolute Gasteiger partial charge is 0.323 e. The average Bonchev–Trinajstić information content (AvgIpc) is 3.29. The average molecular weight is 469 g/mol. The topological polar surface area (TPSA) is 109 Å². The van der Waals surface area contributed by atoms with Crippen LogP contribution in [-0.2, 0) is 0 Å². The second-order valence-electron chi connectivity index (χ2n) is 8.06. The Bertz CT molecular complexity index is 1360. The number of hydrogen-bond donors (Lipinski definition) is 4. The fourth-order valence-electron chi connectivity index (χ4n) is 3.51. The quantitative estimate of drug-likeness (QED) is 0.277. The maximum atomic E-state index is 12.4. The van der Waals surface area contributed by atoms with Crippen molar-refractivity contribution in [1.82, 2.24) is 9.97 Å². The predicted octanol–water partition coefficient (Wildman–Crippen LogP) is 5.95. The van der Waals surface area contributed by atoms with Gasteiger partial charge in [0.15, 0.2) is 11.5 Å². The van der Waals surface area contributed by atoms with Crippen LogP contribution >= 0.6 is 0 Å². The van der Waals surface area contributed by atoms with Gasteiger partial charge in [-0.25, -0.2) is 9.78 Å². The minimum atomic E-state index is -0.363. The van der Waals surface area contributed by atoms with Crippen LogP contribution in [-0.4, -0.2) is 22.8 Å². The van der Waals surface area contributed by atoms with E-state index in [0.29, 0.717) is 34.6 Å².